The van der Waals surface area contributed by atoms with E-state index in [1.165, 1.54) is 12.1 Å². The van der Waals surface area contributed by atoms with Crippen molar-refractivity contribution >= 4 is 21.9 Å². The lowest BCUT2D eigenvalue weighted by Gasteiger charge is -2.09. The van der Waals surface area contributed by atoms with Gasteiger partial charge in [-0.05, 0) is 36.6 Å². The summed E-state index contributed by atoms with van der Waals surface area (Å²) in [6, 6.07) is 15.8. The molecule has 150 valence electrons. The van der Waals surface area contributed by atoms with E-state index in [2.05, 4.69) is 10.0 Å². The van der Waals surface area contributed by atoms with Crippen LogP contribution in [-0.2, 0) is 30.8 Å². The van der Waals surface area contributed by atoms with E-state index in [1.54, 1.807) is 18.2 Å². The molecule has 0 aliphatic rings. The van der Waals surface area contributed by atoms with Crippen LogP contribution in [0.1, 0.15) is 17.5 Å². The van der Waals surface area contributed by atoms with Crippen LogP contribution in [0.2, 0.25) is 0 Å². The molecule has 0 spiro atoms. The fourth-order valence-electron chi connectivity index (χ4n) is 2.47. The molecule has 0 atom stereocenters. The summed E-state index contributed by atoms with van der Waals surface area (Å²) in [4.78, 5) is 23.5. The molecule has 8 heteroatoms. The Labute approximate surface area is 165 Å². The summed E-state index contributed by atoms with van der Waals surface area (Å²) in [5.74, 6) is -1.04. The average molecular weight is 404 g/mol. The van der Waals surface area contributed by atoms with Gasteiger partial charge in [0.1, 0.15) is 0 Å². The van der Waals surface area contributed by atoms with Crippen LogP contribution in [0.3, 0.4) is 0 Å². The second-order valence-electron chi connectivity index (χ2n) is 6.15. The molecule has 0 aliphatic carbocycles. The van der Waals surface area contributed by atoms with Gasteiger partial charge in [-0.2, -0.15) is 0 Å². The predicted molar refractivity (Wildman–Crippen MR) is 105 cm³/mol. The Bertz CT molecular complexity index is 898. The first-order valence-electron chi connectivity index (χ1n) is 8.90. The third-order valence-electron chi connectivity index (χ3n) is 4.02. The molecule has 2 aromatic rings. The van der Waals surface area contributed by atoms with Gasteiger partial charge in [0.2, 0.25) is 10.0 Å². The van der Waals surface area contributed by atoms with Gasteiger partial charge in [0.25, 0.3) is 5.91 Å². The molecule has 0 heterocycles. The topological polar surface area (TPSA) is 102 Å². The van der Waals surface area contributed by atoms with E-state index < -0.39 is 28.5 Å². The minimum Gasteiger partial charge on any atom is -0.456 e. The van der Waals surface area contributed by atoms with Crippen molar-refractivity contribution in [2.45, 2.75) is 24.7 Å². The third kappa shape index (κ3) is 7.13. The average Bonchev–Trinajstić information content (AvgIpc) is 2.68. The number of benzene rings is 2. The second kappa shape index (κ2) is 10.6. The lowest BCUT2D eigenvalue weighted by Crippen LogP contribution is -2.31. The second-order valence-corrected chi connectivity index (χ2v) is 7.91. The first-order valence-corrected chi connectivity index (χ1v) is 10.4. The zero-order valence-corrected chi connectivity index (χ0v) is 16.5. The molecule has 2 rings (SSSR count). The molecule has 0 fully saturated rings. The Hall–Kier alpha value is -2.71. The molecule has 1 amide bonds. The monoisotopic (exact) mass is 404 g/mol. The smallest absolute Gasteiger partial charge is 0.307 e. The van der Waals surface area contributed by atoms with Crippen molar-refractivity contribution < 1.29 is 22.7 Å². The number of amides is 1. The van der Waals surface area contributed by atoms with Crippen LogP contribution in [-0.4, -0.2) is 40.0 Å². The van der Waals surface area contributed by atoms with Crippen molar-refractivity contribution in [2.24, 2.45) is 0 Å². The lowest BCUT2D eigenvalue weighted by molar-refractivity contribution is -0.148. The van der Waals surface area contributed by atoms with Crippen molar-refractivity contribution in [2.75, 3.05) is 19.7 Å². The van der Waals surface area contributed by atoms with Gasteiger partial charge >= 0.3 is 5.97 Å². The molecule has 0 bridgehead atoms. The summed E-state index contributed by atoms with van der Waals surface area (Å²) in [5.41, 5.74) is 2.30. The highest BCUT2D eigenvalue weighted by atomic mass is 32.2. The van der Waals surface area contributed by atoms with Gasteiger partial charge < -0.3 is 10.1 Å². The molecule has 0 saturated carbocycles. The fourth-order valence-corrected chi connectivity index (χ4v) is 3.52. The molecule has 0 aliphatic heterocycles. The summed E-state index contributed by atoms with van der Waals surface area (Å²) in [7, 11) is -3.67. The predicted octanol–water partition coefficient (Wildman–Crippen LogP) is 1.57. The normalized spacial score (nSPS) is 11.0. The molecule has 0 saturated heterocycles. The van der Waals surface area contributed by atoms with Gasteiger partial charge in [0, 0.05) is 13.1 Å². The molecule has 0 aromatic heterocycles. The van der Waals surface area contributed by atoms with Crippen molar-refractivity contribution in [1.82, 2.24) is 10.0 Å². The summed E-state index contributed by atoms with van der Waals surface area (Å²) < 4.78 is 31.2. The van der Waals surface area contributed by atoms with E-state index in [1.807, 2.05) is 31.2 Å². The standard InChI is InChI=1S/C20H24N2O5S/c1-16-7-5-6-8-17(16)11-13-21-19(23)15-27-20(24)12-14-22-28(25,26)18-9-3-2-4-10-18/h2-10,22H,11-15H2,1H3,(H,21,23). The van der Waals surface area contributed by atoms with Crippen molar-refractivity contribution in [1.29, 1.82) is 0 Å². The molecule has 7 nitrogen and oxygen atoms in total. The van der Waals surface area contributed by atoms with E-state index >= 15 is 0 Å². The number of nitrogens with one attached hydrogen (secondary N) is 2. The zero-order chi connectivity index (χ0) is 20.4. The number of rotatable bonds is 10. The van der Waals surface area contributed by atoms with Crippen LogP contribution in [0.25, 0.3) is 0 Å². The highest BCUT2D eigenvalue weighted by molar-refractivity contribution is 7.89. The molecule has 28 heavy (non-hydrogen) atoms. The van der Waals surface area contributed by atoms with Crippen LogP contribution in [0.5, 0.6) is 0 Å². The Morgan fingerprint density at radius 2 is 1.64 bits per heavy atom. The lowest BCUT2D eigenvalue weighted by atomic mass is 10.1. The molecule has 0 unspecified atom stereocenters. The summed E-state index contributed by atoms with van der Waals surface area (Å²) >= 11 is 0. The van der Waals surface area contributed by atoms with E-state index in [0.717, 1.165) is 11.1 Å². The maximum atomic E-state index is 12.0. The fraction of sp³-hybridized carbons (Fsp3) is 0.300. The van der Waals surface area contributed by atoms with Gasteiger partial charge in [0.05, 0.1) is 11.3 Å². The van der Waals surface area contributed by atoms with E-state index in [-0.39, 0.29) is 17.9 Å². The van der Waals surface area contributed by atoms with Gasteiger partial charge in [-0.25, -0.2) is 13.1 Å². The Morgan fingerprint density at radius 3 is 2.36 bits per heavy atom. The van der Waals surface area contributed by atoms with Gasteiger partial charge in [-0.3, -0.25) is 9.59 Å². The minimum absolute atomic E-state index is 0.106. The van der Waals surface area contributed by atoms with E-state index in [0.29, 0.717) is 13.0 Å². The van der Waals surface area contributed by atoms with Crippen LogP contribution in [0.15, 0.2) is 59.5 Å². The Morgan fingerprint density at radius 1 is 0.964 bits per heavy atom. The van der Waals surface area contributed by atoms with Crippen LogP contribution >= 0.6 is 0 Å². The number of hydrogen-bond donors (Lipinski definition) is 2. The highest BCUT2D eigenvalue weighted by Gasteiger charge is 2.14. The molecule has 2 aromatic carbocycles. The number of sulfonamides is 1. The first-order chi connectivity index (χ1) is 13.4. The number of ether oxygens (including phenoxy) is 1. The van der Waals surface area contributed by atoms with E-state index in [9.17, 15) is 18.0 Å². The van der Waals surface area contributed by atoms with Gasteiger partial charge in [0.15, 0.2) is 6.61 Å². The summed E-state index contributed by atoms with van der Waals surface area (Å²) in [6.07, 6.45) is 0.524. The largest absolute Gasteiger partial charge is 0.456 e. The zero-order valence-electron chi connectivity index (χ0n) is 15.7. The Balaban J connectivity index is 1.63. The van der Waals surface area contributed by atoms with Crippen molar-refractivity contribution in [3.05, 3.63) is 65.7 Å². The molecule has 2 N–H and O–H groups in total. The quantitative estimate of drug-likeness (QED) is 0.585. The SMILES string of the molecule is Cc1ccccc1CCNC(=O)COC(=O)CCNS(=O)(=O)c1ccccc1. The number of carbonyl (C=O) groups excluding carboxylic acids is 2. The highest BCUT2D eigenvalue weighted by Crippen LogP contribution is 2.07. The minimum atomic E-state index is -3.67. The molecule has 0 radical (unpaired) electrons. The maximum Gasteiger partial charge on any atom is 0.307 e. The maximum absolute atomic E-state index is 12.0. The van der Waals surface area contributed by atoms with E-state index in [4.69, 9.17) is 4.74 Å². The molecular weight excluding hydrogens is 380 g/mol. The van der Waals surface area contributed by atoms with Crippen molar-refractivity contribution in [3.63, 3.8) is 0 Å². The number of aryl methyl sites for hydroxylation is 1. The summed E-state index contributed by atoms with van der Waals surface area (Å²) in [5, 5.41) is 2.69. The molecular formula is C20H24N2O5S. The van der Waals surface area contributed by atoms with Crippen LogP contribution < -0.4 is 10.0 Å². The summed E-state index contributed by atoms with van der Waals surface area (Å²) in [6.45, 7) is 1.95. The van der Waals surface area contributed by atoms with Crippen LogP contribution in [0, 0.1) is 6.92 Å². The van der Waals surface area contributed by atoms with Gasteiger partial charge in [-0.1, -0.05) is 42.5 Å². The van der Waals surface area contributed by atoms with Gasteiger partial charge in [-0.15, -0.1) is 0 Å². The van der Waals surface area contributed by atoms with Crippen LogP contribution in [0.4, 0.5) is 0 Å². The van der Waals surface area contributed by atoms with Crippen molar-refractivity contribution in [3.8, 4) is 0 Å². The number of carbonyl (C=O) groups is 2. The first kappa shape index (κ1) is 21.6. The third-order valence-corrected chi connectivity index (χ3v) is 5.49. The number of esters is 1. The number of hydrogen-bond acceptors (Lipinski definition) is 5. The Kier molecular flexibility index (Phi) is 8.16.